The minimum Gasteiger partial charge on any atom is -0.342 e. The van der Waals surface area contributed by atoms with Gasteiger partial charge in [-0.25, -0.2) is 0 Å². The molecule has 2 unspecified atom stereocenters. The van der Waals surface area contributed by atoms with Crippen molar-refractivity contribution in [2.24, 2.45) is 17.8 Å². The highest BCUT2D eigenvalue weighted by atomic mass is 35.5. The molecule has 0 saturated carbocycles. The maximum absolute atomic E-state index is 12.0. The summed E-state index contributed by atoms with van der Waals surface area (Å²) in [7, 11) is 1.98. The first kappa shape index (κ1) is 16.7. The van der Waals surface area contributed by atoms with Gasteiger partial charge in [0.25, 0.3) is 0 Å². The number of halogens is 1. The predicted molar refractivity (Wildman–Crippen MR) is 74.5 cm³/mol. The summed E-state index contributed by atoms with van der Waals surface area (Å²) in [6, 6.07) is 0. The van der Waals surface area contributed by atoms with Gasteiger partial charge in [-0.2, -0.15) is 0 Å². The fourth-order valence-electron chi connectivity index (χ4n) is 2.15. The van der Waals surface area contributed by atoms with Crippen LogP contribution in [0.5, 0.6) is 0 Å². The van der Waals surface area contributed by atoms with E-state index < -0.39 is 0 Å². The van der Waals surface area contributed by atoms with E-state index in [1.165, 1.54) is 0 Å². The van der Waals surface area contributed by atoms with Gasteiger partial charge in [-0.05, 0) is 37.8 Å². The number of carbonyl (C=O) groups is 1. The van der Waals surface area contributed by atoms with Gasteiger partial charge in [0, 0.05) is 19.5 Å². The third-order valence-corrected chi connectivity index (χ3v) is 3.77. The van der Waals surface area contributed by atoms with Crippen LogP contribution in [0.4, 0.5) is 0 Å². The summed E-state index contributed by atoms with van der Waals surface area (Å²) in [4.78, 5) is 14.1. The molecular weight excluding hydrogens is 236 g/mol. The maximum Gasteiger partial charge on any atom is 0.222 e. The Balaban J connectivity index is 0.00000256. The van der Waals surface area contributed by atoms with Crippen LogP contribution in [0.25, 0.3) is 0 Å². The maximum atomic E-state index is 12.0. The van der Waals surface area contributed by atoms with E-state index in [4.69, 9.17) is 0 Å². The fraction of sp³-hybridized carbons (Fsp3) is 0.923. The summed E-state index contributed by atoms with van der Waals surface area (Å²) in [6.07, 6.45) is 1.87. The summed E-state index contributed by atoms with van der Waals surface area (Å²) in [5.41, 5.74) is 0. The van der Waals surface area contributed by atoms with Gasteiger partial charge in [0.05, 0.1) is 0 Å². The molecule has 3 nitrogen and oxygen atoms in total. The first-order valence-corrected chi connectivity index (χ1v) is 6.47. The predicted octanol–water partition coefficient (Wildman–Crippen LogP) is 2.16. The Labute approximate surface area is 112 Å². The van der Waals surface area contributed by atoms with Crippen molar-refractivity contribution in [2.45, 2.75) is 33.6 Å². The zero-order chi connectivity index (χ0) is 12.1. The average molecular weight is 263 g/mol. The van der Waals surface area contributed by atoms with Crippen molar-refractivity contribution in [1.82, 2.24) is 10.2 Å². The summed E-state index contributed by atoms with van der Waals surface area (Å²) in [5, 5.41) is 3.19. The van der Waals surface area contributed by atoms with E-state index in [0.717, 1.165) is 26.1 Å². The smallest absolute Gasteiger partial charge is 0.222 e. The van der Waals surface area contributed by atoms with Crippen LogP contribution in [0.2, 0.25) is 0 Å². The molecule has 1 fully saturated rings. The first-order chi connectivity index (χ1) is 7.54. The Morgan fingerprint density at radius 2 is 2.06 bits per heavy atom. The number of amides is 1. The molecule has 1 aliphatic rings. The van der Waals surface area contributed by atoms with Crippen LogP contribution >= 0.6 is 12.4 Å². The lowest BCUT2D eigenvalue weighted by Gasteiger charge is -2.21. The highest BCUT2D eigenvalue weighted by Crippen LogP contribution is 2.20. The molecule has 0 aliphatic carbocycles. The quantitative estimate of drug-likeness (QED) is 0.824. The molecule has 0 aromatic carbocycles. The molecule has 1 rings (SSSR count). The molecule has 1 aliphatic heterocycles. The Hall–Kier alpha value is -0.280. The molecule has 2 atom stereocenters. The van der Waals surface area contributed by atoms with E-state index in [9.17, 15) is 4.79 Å². The third-order valence-electron chi connectivity index (χ3n) is 3.77. The Bertz CT molecular complexity index is 233. The number of hydrogen-bond acceptors (Lipinski definition) is 2. The molecule has 0 aromatic heterocycles. The van der Waals surface area contributed by atoms with Crippen molar-refractivity contribution in [1.29, 1.82) is 0 Å². The van der Waals surface area contributed by atoms with Crippen molar-refractivity contribution < 1.29 is 4.79 Å². The van der Waals surface area contributed by atoms with E-state index >= 15 is 0 Å². The van der Waals surface area contributed by atoms with Crippen molar-refractivity contribution in [2.75, 3.05) is 26.7 Å². The molecule has 0 radical (unpaired) electrons. The second-order valence-electron chi connectivity index (χ2n) is 5.48. The molecule has 1 amide bonds. The number of rotatable bonds is 5. The van der Waals surface area contributed by atoms with E-state index in [-0.39, 0.29) is 12.4 Å². The SMILES string of the molecule is CNCC1CCN(C(=O)CC(C)C(C)C)C1.Cl. The largest absolute Gasteiger partial charge is 0.342 e. The number of carbonyl (C=O) groups excluding carboxylic acids is 1. The van der Waals surface area contributed by atoms with E-state index in [1.807, 2.05) is 11.9 Å². The van der Waals surface area contributed by atoms with E-state index in [1.54, 1.807) is 0 Å². The van der Waals surface area contributed by atoms with Crippen LogP contribution in [0, 0.1) is 17.8 Å². The normalized spacial score (nSPS) is 21.5. The van der Waals surface area contributed by atoms with Gasteiger partial charge in [0.1, 0.15) is 0 Å². The summed E-state index contributed by atoms with van der Waals surface area (Å²) >= 11 is 0. The van der Waals surface area contributed by atoms with Crippen LogP contribution in [-0.4, -0.2) is 37.5 Å². The highest BCUT2D eigenvalue weighted by Gasteiger charge is 2.26. The molecule has 17 heavy (non-hydrogen) atoms. The molecule has 0 aromatic rings. The zero-order valence-corrected chi connectivity index (χ0v) is 12.3. The van der Waals surface area contributed by atoms with E-state index in [2.05, 4.69) is 26.1 Å². The lowest BCUT2D eigenvalue weighted by atomic mass is 9.94. The second kappa shape index (κ2) is 7.93. The zero-order valence-electron chi connectivity index (χ0n) is 11.5. The fourth-order valence-corrected chi connectivity index (χ4v) is 2.15. The highest BCUT2D eigenvalue weighted by molar-refractivity contribution is 5.85. The van der Waals surface area contributed by atoms with Crippen LogP contribution in [-0.2, 0) is 4.79 Å². The van der Waals surface area contributed by atoms with E-state index in [0.29, 0.717) is 30.1 Å². The lowest BCUT2D eigenvalue weighted by Crippen LogP contribution is -2.31. The molecule has 1 saturated heterocycles. The van der Waals surface area contributed by atoms with Gasteiger partial charge in [-0.1, -0.05) is 20.8 Å². The summed E-state index contributed by atoms with van der Waals surface area (Å²) in [6.45, 7) is 9.48. The molecule has 0 spiro atoms. The van der Waals surface area contributed by atoms with Gasteiger partial charge in [-0.3, -0.25) is 4.79 Å². The standard InChI is InChI=1S/C13H26N2O.ClH/c1-10(2)11(3)7-13(16)15-6-5-12(9-15)8-14-4;/h10-12,14H,5-9H2,1-4H3;1H. The van der Waals surface area contributed by atoms with Crippen molar-refractivity contribution in [3.63, 3.8) is 0 Å². The molecule has 4 heteroatoms. The Morgan fingerprint density at radius 1 is 1.41 bits per heavy atom. The third kappa shape index (κ3) is 5.26. The second-order valence-corrected chi connectivity index (χ2v) is 5.48. The van der Waals surface area contributed by atoms with Crippen LogP contribution in [0.15, 0.2) is 0 Å². The first-order valence-electron chi connectivity index (χ1n) is 6.47. The number of hydrogen-bond donors (Lipinski definition) is 1. The van der Waals surface area contributed by atoms with Gasteiger partial charge in [0.2, 0.25) is 5.91 Å². The molecule has 0 bridgehead atoms. The van der Waals surface area contributed by atoms with Gasteiger partial charge in [-0.15, -0.1) is 12.4 Å². The van der Waals surface area contributed by atoms with Crippen molar-refractivity contribution in [3.05, 3.63) is 0 Å². The summed E-state index contributed by atoms with van der Waals surface area (Å²) < 4.78 is 0. The number of nitrogens with zero attached hydrogens (tertiary/aromatic N) is 1. The topological polar surface area (TPSA) is 32.3 Å². The van der Waals surface area contributed by atoms with Crippen LogP contribution in [0.3, 0.4) is 0 Å². The lowest BCUT2D eigenvalue weighted by molar-refractivity contribution is -0.131. The van der Waals surface area contributed by atoms with Crippen LogP contribution < -0.4 is 5.32 Å². The van der Waals surface area contributed by atoms with Crippen LogP contribution in [0.1, 0.15) is 33.6 Å². The van der Waals surface area contributed by atoms with Gasteiger partial charge >= 0.3 is 0 Å². The Morgan fingerprint density at radius 3 is 2.59 bits per heavy atom. The van der Waals surface area contributed by atoms with Gasteiger partial charge in [0.15, 0.2) is 0 Å². The van der Waals surface area contributed by atoms with Crippen molar-refractivity contribution >= 4 is 18.3 Å². The monoisotopic (exact) mass is 262 g/mol. The minimum absolute atomic E-state index is 0. The van der Waals surface area contributed by atoms with Crippen molar-refractivity contribution in [3.8, 4) is 0 Å². The number of likely N-dealkylation sites (tertiary alicyclic amines) is 1. The average Bonchev–Trinajstić information content (AvgIpc) is 2.66. The molecule has 102 valence electrons. The molecule has 1 N–H and O–H groups in total. The Kier molecular flexibility index (Phi) is 7.80. The number of nitrogens with one attached hydrogen (secondary N) is 1. The molecule has 1 heterocycles. The van der Waals surface area contributed by atoms with Gasteiger partial charge < -0.3 is 10.2 Å². The molecular formula is C13H27ClN2O. The summed E-state index contributed by atoms with van der Waals surface area (Å²) in [5.74, 6) is 2.10. The minimum atomic E-state index is 0.